The van der Waals surface area contributed by atoms with Crippen LogP contribution in [0, 0.1) is 6.92 Å². The average Bonchev–Trinajstić information content (AvgIpc) is 2.90. The van der Waals surface area contributed by atoms with Crippen molar-refractivity contribution in [1.29, 1.82) is 0 Å². The quantitative estimate of drug-likeness (QED) is 0.881. The third kappa shape index (κ3) is 2.78. The van der Waals surface area contributed by atoms with Gasteiger partial charge in [0.05, 0.1) is 33.7 Å². The average molecular weight is 322 g/mol. The van der Waals surface area contributed by atoms with E-state index in [-0.39, 0.29) is 0 Å². The van der Waals surface area contributed by atoms with Crippen LogP contribution in [0.2, 0.25) is 5.02 Å². The molecule has 3 nitrogen and oxygen atoms in total. The van der Waals surface area contributed by atoms with E-state index in [0.29, 0.717) is 28.0 Å². The summed E-state index contributed by atoms with van der Waals surface area (Å²) < 4.78 is 18.3. The van der Waals surface area contributed by atoms with Gasteiger partial charge in [-0.05, 0) is 36.2 Å². The summed E-state index contributed by atoms with van der Waals surface area (Å²) in [6.07, 6.45) is 0.849. The Hall–Kier alpha value is -1.52. The SMILES string of the molecule is Cc1cccc(S(=O)Cc2cc(Cl)cc3c2OCC3)c1N. The molecule has 1 heterocycles. The summed E-state index contributed by atoms with van der Waals surface area (Å²) in [4.78, 5) is 0.668. The van der Waals surface area contributed by atoms with Crippen LogP contribution in [0.15, 0.2) is 35.2 Å². The fraction of sp³-hybridized carbons (Fsp3) is 0.250. The van der Waals surface area contributed by atoms with Crippen molar-refractivity contribution in [1.82, 2.24) is 0 Å². The molecule has 3 rings (SSSR count). The molecule has 0 spiro atoms. The largest absolute Gasteiger partial charge is 0.493 e. The molecule has 0 fully saturated rings. The molecule has 0 amide bonds. The molecule has 1 unspecified atom stereocenters. The summed E-state index contributed by atoms with van der Waals surface area (Å²) in [6.45, 7) is 2.57. The Morgan fingerprint density at radius 1 is 1.38 bits per heavy atom. The van der Waals surface area contributed by atoms with E-state index in [0.717, 1.165) is 28.9 Å². The van der Waals surface area contributed by atoms with E-state index in [1.54, 1.807) is 0 Å². The lowest BCUT2D eigenvalue weighted by molar-refractivity contribution is 0.354. The summed E-state index contributed by atoms with van der Waals surface area (Å²) in [5.74, 6) is 1.19. The molecule has 110 valence electrons. The topological polar surface area (TPSA) is 52.3 Å². The minimum absolute atomic E-state index is 0.358. The molecule has 1 atom stereocenters. The lowest BCUT2D eigenvalue weighted by Crippen LogP contribution is -2.03. The van der Waals surface area contributed by atoms with Gasteiger partial charge in [-0.2, -0.15) is 0 Å². The molecular weight excluding hydrogens is 306 g/mol. The number of nitrogen functional groups attached to an aromatic ring is 1. The molecule has 0 radical (unpaired) electrons. The molecular formula is C16H16ClNO2S. The zero-order chi connectivity index (χ0) is 15.0. The van der Waals surface area contributed by atoms with Crippen molar-refractivity contribution in [2.75, 3.05) is 12.3 Å². The minimum Gasteiger partial charge on any atom is -0.493 e. The van der Waals surface area contributed by atoms with Crippen molar-refractivity contribution in [3.05, 3.63) is 52.0 Å². The van der Waals surface area contributed by atoms with Gasteiger partial charge in [0.25, 0.3) is 0 Å². The standard InChI is InChI=1S/C16H16ClNO2S/c1-10-3-2-4-14(15(10)18)21(19)9-12-8-13(17)7-11-5-6-20-16(11)12/h2-4,7-8H,5-6,9,18H2,1H3. The maximum Gasteiger partial charge on any atom is 0.126 e. The van der Waals surface area contributed by atoms with Crippen LogP contribution >= 0.6 is 11.6 Å². The van der Waals surface area contributed by atoms with Gasteiger partial charge >= 0.3 is 0 Å². The first-order valence-electron chi connectivity index (χ1n) is 6.74. The zero-order valence-corrected chi connectivity index (χ0v) is 13.3. The number of hydrogen-bond acceptors (Lipinski definition) is 3. The predicted molar refractivity (Wildman–Crippen MR) is 86.4 cm³/mol. The van der Waals surface area contributed by atoms with Gasteiger partial charge in [0.15, 0.2) is 0 Å². The van der Waals surface area contributed by atoms with Gasteiger partial charge in [0, 0.05) is 17.0 Å². The highest BCUT2D eigenvalue weighted by Gasteiger charge is 2.20. The van der Waals surface area contributed by atoms with Crippen LogP contribution in [0.25, 0.3) is 0 Å². The Morgan fingerprint density at radius 2 is 2.19 bits per heavy atom. The van der Waals surface area contributed by atoms with Gasteiger partial charge in [-0.25, -0.2) is 0 Å². The van der Waals surface area contributed by atoms with Crippen LogP contribution in [-0.4, -0.2) is 10.8 Å². The van der Waals surface area contributed by atoms with Gasteiger partial charge in [-0.15, -0.1) is 0 Å². The zero-order valence-electron chi connectivity index (χ0n) is 11.7. The van der Waals surface area contributed by atoms with E-state index in [1.807, 2.05) is 37.3 Å². The number of rotatable bonds is 3. The van der Waals surface area contributed by atoms with Crippen molar-refractivity contribution >= 4 is 28.1 Å². The number of fused-ring (bicyclic) bond motifs is 1. The summed E-state index contributed by atoms with van der Waals surface area (Å²) in [7, 11) is -1.22. The molecule has 1 aliphatic rings. The van der Waals surface area contributed by atoms with Crippen LogP contribution in [0.4, 0.5) is 5.69 Å². The fourth-order valence-electron chi connectivity index (χ4n) is 2.52. The third-order valence-corrected chi connectivity index (χ3v) is 5.28. The maximum absolute atomic E-state index is 12.6. The second kappa shape index (κ2) is 5.70. The Balaban J connectivity index is 1.94. The first-order valence-corrected chi connectivity index (χ1v) is 8.43. The monoisotopic (exact) mass is 321 g/mol. The van der Waals surface area contributed by atoms with Gasteiger partial charge in [-0.1, -0.05) is 23.7 Å². The molecule has 0 aromatic heterocycles. The van der Waals surface area contributed by atoms with Crippen molar-refractivity contribution < 1.29 is 8.95 Å². The van der Waals surface area contributed by atoms with E-state index < -0.39 is 10.8 Å². The number of hydrogen-bond donors (Lipinski definition) is 1. The Morgan fingerprint density at radius 3 is 3.00 bits per heavy atom. The van der Waals surface area contributed by atoms with Gasteiger partial charge in [0.2, 0.25) is 0 Å². The number of para-hydroxylation sites is 1. The second-order valence-corrected chi connectivity index (χ2v) is 6.98. The third-order valence-electron chi connectivity index (χ3n) is 3.64. The molecule has 0 bridgehead atoms. The summed E-state index contributed by atoms with van der Waals surface area (Å²) in [5, 5.41) is 0.656. The summed E-state index contributed by atoms with van der Waals surface area (Å²) in [6, 6.07) is 9.34. The van der Waals surface area contributed by atoms with E-state index in [4.69, 9.17) is 22.1 Å². The molecule has 0 aliphatic carbocycles. The smallest absolute Gasteiger partial charge is 0.126 e. The van der Waals surface area contributed by atoms with Crippen molar-refractivity contribution in [3.8, 4) is 5.75 Å². The Kier molecular flexibility index (Phi) is 3.91. The van der Waals surface area contributed by atoms with Crippen LogP contribution in [0.5, 0.6) is 5.75 Å². The highest BCUT2D eigenvalue weighted by molar-refractivity contribution is 7.84. The van der Waals surface area contributed by atoms with Gasteiger partial charge < -0.3 is 10.5 Å². The molecule has 2 aromatic carbocycles. The number of ether oxygens (including phenoxy) is 1. The van der Waals surface area contributed by atoms with Gasteiger partial charge in [-0.3, -0.25) is 4.21 Å². The number of aryl methyl sites for hydroxylation is 1. The highest BCUT2D eigenvalue weighted by Crippen LogP contribution is 2.34. The van der Waals surface area contributed by atoms with Crippen LogP contribution in [-0.2, 0) is 23.0 Å². The van der Waals surface area contributed by atoms with Gasteiger partial charge in [0.1, 0.15) is 5.75 Å². The number of benzene rings is 2. The fourth-order valence-corrected chi connectivity index (χ4v) is 4.08. The minimum atomic E-state index is -1.22. The normalized spacial score (nSPS) is 14.6. The van der Waals surface area contributed by atoms with Crippen molar-refractivity contribution in [2.24, 2.45) is 0 Å². The molecule has 21 heavy (non-hydrogen) atoms. The lowest BCUT2D eigenvalue weighted by atomic mass is 10.1. The molecule has 0 saturated carbocycles. The van der Waals surface area contributed by atoms with E-state index in [2.05, 4.69) is 0 Å². The van der Waals surface area contributed by atoms with Crippen molar-refractivity contribution in [2.45, 2.75) is 24.0 Å². The lowest BCUT2D eigenvalue weighted by Gasteiger charge is -2.11. The van der Waals surface area contributed by atoms with Crippen LogP contribution in [0.3, 0.4) is 0 Å². The number of anilines is 1. The molecule has 2 N–H and O–H groups in total. The van der Waals surface area contributed by atoms with E-state index in [1.165, 1.54) is 0 Å². The molecule has 2 aromatic rings. The first kappa shape index (κ1) is 14.4. The molecule has 5 heteroatoms. The van der Waals surface area contributed by atoms with E-state index >= 15 is 0 Å². The van der Waals surface area contributed by atoms with Crippen LogP contribution < -0.4 is 10.5 Å². The van der Waals surface area contributed by atoms with Crippen molar-refractivity contribution in [3.63, 3.8) is 0 Å². The first-order chi connectivity index (χ1) is 10.1. The second-order valence-electron chi connectivity index (χ2n) is 5.13. The molecule has 0 saturated heterocycles. The summed E-state index contributed by atoms with van der Waals surface area (Å²) in [5.41, 5.74) is 9.53. The Labute approximate surface area is 131 Å². The predicted octanol–water partition coefficient (Wildman–Crippen LogP) is 3.47. The summed E-state index contributed by atoms with van der Waals surface area (Å²) >= 11 is 6.14. The van der Waals surface area contributed by atoms with Crippen LogP contribution in [0.1, 0.15) is 16.7 Å². The number of nitrogens with two attached hydrogens (primary N) is 1. The molecule has 1 aliphatic heterocycles. The highest BCUT2D eigenvalue weighted by atomic mass is 35.5. The Bertz CT molecular complexity index is 730. The number of halogens is 1. The van der Waals surface area contributed by atoms with E-state index in [9.17, 15) is 4.21 Å². The maximum atomic E-state index is 12.6.